The maximum absolute atomic E-state index is 12.4. The van der Waals surface area contributed by atoms with Crippen molar-refractivity contribution in [2.45, 2.75) is 25.3 Å². The summed E-state index contributed by atoms with van der Waals surface area (Å²) in [4.78, 5) is 19.2. The van der Waals surface area contributed by atoms with Gasteiger partial charge in [0.2, 0.25) is 0 Å². The molecular weight excluding hydrogens is 312 g/mol. The number of benzene rings is 1. The molecule has 1 aromatic rings. The Bertz CT molecular complexity index is 636. The fourth-order valence-electron chi connectivity index (χ4n) is 4.23. The summed E-state index contributed by atoms with van der Waals surface area (Å²) in [7, 11) is 0. The molecule has 0 aliphatic carbocycles. The number of hydrogen-bond acceptors (Lipinski definition) is 3. The van der Waals surface area contributed by atoms with E-state index in [0.717, 1.165) is 65.1 Å². The van der Waals surface area contributed by atoms with Crippen LogP contribution < -0.4 is 10.2 Å². The van der Waals surface area contributed by atoms with Crippen molar-refractivity contribution in [2.24, 2.45) is 0 Å². The van der Waals surface area contributed by atoms with Gasteiger partial charge in [-0.05, 0) is 30.9 Å². The van der Waals surface area contributed by atoms with Crippen LogP contribution in [0.4, 0.5) is 10.5 Å². The first-order chi connectivity index (χ1) is 12.3. The normalized spacial score (nSPS) is 22.6. The largest absolute Gasteiger partial charge is 0.371 e. The van der Waals surface area contributed by atoms with Gasteiger partial charge in [0.15, 0.2) is 0 Å². The van der Waals surface area contributed by atoms with Gasteiger partial charge in [-0.3, -0.25) is 4.90 Å². The molecule has 0 aromatic heterocycles. The zero-order valence-electron chi connectivity index (χ0n) is 14.9. The van der Waals surface area contributed by atoms with Crippen LogP contribution in [-0.2, 0) is 6.42 Å². The van der Waals surface area contributed by atoms with E-state index in [9.17, 15) is 4.79 Å². The van der Waals surface area contributed by atoms with Crippen molar-refractivity contribution < 1.29 is 4.79 Å². The second-order valence-corrected chi connectivity index (χ2v) is 7.27. The minimum atomic E-state index is 0.108. The molecule has 25 heavy (non-hydrogen) atoms. The van der Waals surface area contributed by atoms with Crippen molar-refractivity contribution in [3.63, 3.8) is 0 Å². The zero-order valence-corrected chi connectivity index (χ0v) is 14.9. The van der Waals surface area contributed by atoms with Crippen molar-refractivity contribution in [1.29, 1.82) is 0 Å². The van der Waals surface area contributed by atoms with E-state index in [4.69, 9.17) is 0 Å². The van der Waals surface area contributed by atoms with Gasteiger partial charge in [-0.25, -0.2) is 4.79 Å². The molecule has 0 bridgehead atoms. The minimum Gasteiger partial charge on any atom is -0.371 e. The number of anilines is 1. The highest BCUT2D eigenvalue weighted by molar-refractivity contribution is 5.74. The van der Waals surface area contributed by atoms with E-state index >= 15 is 0 Å². The predicted octanol–water partition coefficient (Wildman–Crippen LogP) is 2.09. The number of nitrogens with one attached hydrogen (secondary N) is 1. The van der Waals surface area contributed by atoms with Crippen molar-refractivity contribution in [3.05, 3.63) is 42.0 Å². The van der Waals surface area contributed by atoms with Gasteiger partial charge in [-0.15, -0.1) is 0 Å². The highest BCUT2D eigenvalue weighted by Crippen LogP contribution is 2.27. The van der Waals surface area contributed by atoms with Gasteiger partial charge >= 0.3 is 6.03 Å². The fourth-order valence-corrected chi connectivity index (χ4v) is 4.23. The molecule has 2 amide bonds. The smallest absolute Gasteiger partial charge is 0.317 e. The van der Waals surface area contributed by atoms with Crippen LogP contribution in [0.2, 0.25) is 0 Å². The van der Waals surface area contributed by atoms with Gasteiger partial charge in [0, 0.05) is 57.5 Å². The molecule has 0 saturated carbocycles. The molecule has 134 valence electrons. The van der Waals surface area contributed by atoms with E-state index in [0.29, 0.717) is 6.04 Å². The number of nitrogens with zero attached hydrogens (tertiary/aromatic N) is 3. The summed E-state index contributed by atoms with van der Waals surface area (Å²) in [5.74, 6) is 0. The lowest BCUT2D eigenvalue weighted by molar-refractivity contribution is 0.200. The first-order valence-corrected chi connectivity index (χ1v) is 9.56. The molecular formula is C20H28N4O. The first kappa shape index (κ1) is 16.5. The van der Waals surface area contributed by atoms with Crippen molar-refractivity contribution in [1.82, 2.24) is 15.1 Å². The molecule has 0 radical (unpaired) electrons. The number of carbonyl (C=O) groups is 1. The number of fused-ring (bicyclic) bond motifs is 1. The molecule has 1 fully saturated rings. The van der Waals surface area contributed by atoms with E-state index in [1.54, 1.807) is 0 Å². The van der Waals surface area contributed by atoms with Gasteiger partial charge < -0.3 is 15.1 Å². The molecule has 3 aliphatic heterocycles. The number of para-hydroxylation sites is 1. The molecule has 4 rings (SSSR count). The predicted molar refractivity (Wildman–Crippen MR) is 101 cm³/mol. The third-order valence-corrected chi connectivity index (χ3v) is 5.68. The molecule has 1 N–H and O–H groups in total. The number of hydrogen-bond donors (Lipinski definition) is 1. The van der Waals surface area contributed by atoms with Crippen molar-refractivity contribution in [2.75, 3.05) is 50.7 Å². The van der Waals surface area contributed by atoms with Gasteiger partial charge in [0.05, 0.1) is 0 Å². The zero-order chi connectivity index (χ0) is 17.1. The lowest BCUT2D eigenvalue weighted by Gasteiger charge is -2.24. The summed E-state index contributed by atoms with van der Waals surface area (Å²) in [6.07, 6.45) is 7.68. The fraction of sp³-hybridized carbons (Fsp3) is 0.550. The molecule has 1 atom stereocenters. The number of likely N-dealkylation sites (tertiary alicyclic amines) is 1. The van der Waals surface area contributed by atoms with E-state index in [1.165, 1.54) is 11.3 Å². The Kier molecular flexibility index (Phi) is 4.92. The highest BCUT2D eigenvalue weighted by atomic mass is 16.2. The van der Waals surface area contributed by atoms with Crippen LogP contribution in [0.15, 0.2) is 36.4 Å². The molecule has 0 spiro atoms. The third kappa shape index (κ3) is 3.66. The molecule has 1 saturated heterocycles. The standard InChI is InChI=1S/C20H28N4O/c25-20(24-15-9-18(16-24)22-11-3-4-12-22)21-10-5-13-23-14-8-17-6-1-2-7-19(17)23/h1-4,6-7,18H,5,8-16H2,(H,21,25)/t18-/m1/s1. The third-order valence-electron chi connectivity index (χ3n) is 5.68. The number of urea groups is 1. The molecule has 3 heterocycles. The van der Waals surface area contributed by atoms with Crippen LogP contribution in [0.3, 0.4) is 0 Å². The minimum absolute atomic E-state index is 0.108. The van der Waals surface area contributed by atoms with E-state index in [2.05, 4.69) is 51.5 Å². The summed E-state index contributed by atoms with van der Waals surface area (Å²) < 4.78 is 0. The Morgan fingerprint density at radius 2 is 2.00 bits per heavy atom. The Morgan fingerprint density at radius 1 is 1.16 bits per heavy atom. The second kappa shape index (κ2) is 7.48. The molecule has 0 unspecified atom stereocenters. The Balaban J connectivity index is 1.16. The summed E-state index contributed by atoms with van der Waals surface area (Å²) >= 11 is 0. The van der Waals surface area contributed by atoms with E-state index < -0.39 is 0 Å². The molecule has 3 aliphatic rings. The lowest BCUT2D eigenvalue weighted by atomic mass is 10.2. The van der Waals surface area contributed by atoms with Gasteiger partial charge in [-0.2, -0.15) is 0 Å². The van der Waals surface area contributed by atoms with Crippen LogP contribution >= 0.6 is 0 Å². The Morgan fingerprint density at radius 3 is 2.88 bits per heavy atom. The van der Waals surface area contributed by atoms with Gasteiger partial charge in [-0.1, -0.05) is 30.4 Å². The van der Waals surface area contributed by atoms with Crippen molar-refractivity contribution in [3.8, 4) is 0 Å². The van der Waals surface area contributed by atoms with Crippen LogP contribution in [-0.4, -0.2) is 67.7 Å². The monoisotopic (exact) mass is 340 g/mol. The summed E-state index contributed by atoms with van der Waals surface area (Å²) in [6.45, 7) is 6.70. The lowest BCUT2D eigenvalue weighted by Crippen LogP contribution is -2.42. The summed E-state index contributed by atoms with van der Waals surface area (Å²) in [5.41, 5.74) is 2.82. The van der Waals surface area contributed by atoms with Crippen LogP contribution in [0.5, 0.6) is 0 Å². The molecule has 5 heteroatoms. The maximum atomic E-state index is 12.4. The van der Waals surface area contributed by atoms with Crippen LogP contribution in [0.25, 0.3) is 0 Å². The Labute approximate surface area is 150 Å². The summed E-state index contributed by atoms with van der Waals surface area (Å²) in [6, 6.07) is 9.29. The quantitative estimate of drug-likeness (QED) is 0.659. The first-order valence-electron chi connectivity index (χ1n) is 9.56. The van der Waals surface area contributed by atoms with Crippen molar-refractivity contribution >= 4 is 11.7 Å². The molecule has 5 nitrogen and oxygen atoms in total. The summed E-state index contributed by atoms with van der Waals surface area (Å²) in [5, 5.41) is 3.11. The average Bonchev–Trinajstić information content (AvgIpc) is 3.38. The maximum Gasteiger partial charge on any atom is 0.317 e. The average molecular weight is 340 g/mol. The van der Waals surface area contributed by atoms with Gasteiger partial charge in [0.25, 0.3) is 0 Å². The van der Waals surface area contributed by atoms with E-state index in [-0.39, 0.29) is 6.03 Å². The second-order valence-electron chi connectivity index (χ2n) is 7.27. The SMILES string of the molecule is O=C(NCCCN1CCc2ccccc21)N1CC[C@@H](N2CC=CC2)C1. The van der Waals surface area contributed by atoms with Crippen LogP contribution in [0, 0.1) is 0 Å². The number of carbonyl (C=O) groups excluding carboxylic acids is 1. The van der Waals surface area contributed by atoms with Crippen LogP contribution in [0.1, 0.15) is 18.4 Å². The topological polar surface area (TPSA) is 38.8 Å². The highest BCUT2D eigenvalue weighted by Gasteiger charge is 2.30. The number of rotatable bonds is 5. The van der Waals surface area contributed by atoms with Gasteiger partial charge in [0.1, 0.15) is 0 Å². The number of amides is 2. The molecule has 1 aromatic carbocycles. The van der Waals surface area contributed by atoms with E-state index in [1.807, 2.05) is 4.90 Å². The Hall–Kier alpha value is -2.01.